The quantitative estimate of drug-likeness (QED) is 0.677. The zero-order valence-electron chi connectivity index (χ0n) is 17.2. The molecule has 1 aromatic heterocycles. The van der Waals surface area contributed by atoms with E-state index in [0.717, 1.165) is 44.8 Å². The molecule has 5 rings (SSSR count). The van der Waals surface area contributed by atoms with Crippen LogP contribution in [0, 0.1) is 6.92 Å². The van der Waals surface area contributed by atoms with Crippen molar-refractivity contribution in [3.63, 3.8) is 0 Å². The number of pyridine rings is 1. The van der Waals surface area contributed by atoms with Crippen LogP contribution in [0.15, 0.2) is 70.9 Å². The summed E-state index contributed by atoms with van der Waals surface area (Å²) >= 11 is 0. The van der Waals surface area contributed by atoms with E-state index in [0.29, 0.717) is 18.7 Å². The molecular formula is C25H22N4O2. The summed E-state index contributed by atoms with van der Waals surface area (Å²) in [5.74, 6) is -0.250. The monoisotopic (exact) mass is 410 g/mol. The third-order valence-corrected chi connectivity index (χ3v) is 5.73. The van der Waals surface area contributed by atoms with Gasteiger partial charge in [0.1, 0.15) is 5.71 Å². The van der Waals surface area contributed by atoms with Gasteiger partial charge in [0.25, 0.3) is 5.91 Å². The lowest BCUT2D eigenvalue weighted by Gasteiger charge is -2.17. The predicted octanol–water partition coefficient (Wildman–Crippen LogP) is 3.22. The number of nitrogens with zero attached hydrogens (tertiary/aromatic N) is 3. The first-order valence-corrected chi connectivity index (χ1v) is 10.3. The predicted molar refractivity (Wildman–Crippen MR) is 120 cm³/mol. The number of aryl methyl sites for hydroxylation is 1. The lowest BCUT2D eigenvalue weighted by molar-refractivity contribution is -0.115. The number of rotatable bonds is 5. The Hall–Kier alpha value is -3.64. The van der Waals surface area contributed by atoms with Gasteiger partial charge in [-0.3, -0.25) is 14.8 Å². The number of fused-ring (bicyclic) bond motifs is 2. The van der Waals surface area contributed by atoms with Gasteiger partial charge in [-0.05, 0) is 41.8 Å². The summed E-state index contributed by atoms with van der Waals surface area (Å²) < 4.78 is 0. The molecule has 0 saturated heterocycles. The van der Waals surface area contributed by atoms with E-state index < -0.39 is 6.04 Å². The second kappa shape index (κ2) is 7.89. The summed E-state index contributed by atoms with van der Waals surface area (Å²) in [6, 6.07) is 15.4. The average Bonchev–Trinajstić information content (AvgIpc) is 3.39. The summed E-state index contributed by atoms with van der Waals surface area (Å²) in [4.78, 5) is 26.3. The average molecular weight is 410 g/mol. The Morgan fingerprint density at radius 3 is 2.74 bits per heavy atom. The molecule has 0 bridgehead atoms. The molecule has 0 unspecified atom stereocenters. The Labute approximate surface area is 180 Å². The van der Waals surface area contributed by atoms with E-state index in [1.54, 1.807) is 12.4 Å². The topological polar surface area (TPSA) is 86.9 Å². The second-order valence-corrected chi connectivity index (χ2v) is 7.90. The van der Waals surface area contributed by atoms with Crippen molar-refractivity contribution in [2.24, 2.45) is 9.98 Å². The highest BCUT2D eigenvalue weighted by Gasteiger charge is 2.27. The molecular weight excluding hydrogens is 388 g/mol. The molecule has 0 aliphatic carbocycles. The van der Waals surface area contributed by atoms with E-state index in [1.165, 1.54) is 0 Å². The number of aromatic nitrogens is 1. The summed E-state index contributed by atoms with van der Waals surface area (Å²) in [7, 11) is 0. The van der Waals surface area contributed by atoms with Crippen molar-refractivity contribution in [3.05, 3.63) is 94.3 Å². The van der Waals surface area contributed by atoms with E-state index in [4.69, 9.17) is 4.99 Å². The van der Waals surface area contributed by atoms with Crippen molar-refractivity contribution >= 4 is 23.0 Å². The largest absolute Gasteiger partial charge is 0.394 e. The molecule has 2 N–H and O–H groups in total. The number of aliphatic imine (C=N–C) groups is 2. The fourth-order valence-corrected chi connectivity index (χ4v) is 4.15. The van der Waals surface area contributed by atoms with Crippen LogP contribution in [0.4, 0.5) is 5.69 Å². The van der Waals surface area contributed by atoms with Crippen molar-refractivity contribution in [2.75, 3.05) is 6.61 Å². The van der Waals surface area contributed by atoms with Gasteiger partial charge in [-0.1, -0.05) is 35.9 Å². The van der Waals surface area contributed by atoms with Crippen LogP contribution in [0.5, 0.6) is 0 Å². The van der Waals surface area contributed by atoms with Crippen LogP contribution in [0.25, 0.3) is 0 Å². The lowest BCUT2D eigenvalue weighted by atomic mass is 9.97. The molecule has 0 saturated carbocycles. The molecule has 2 aromatic carbocycles. The van der Waals surface area contributed by atoms with Crippen LogP contribution in [0.1, 0.15) is 39.4 Å². The summed E-state index contributed by atoms with van der Waals surface area (Å²) in [6.07, 6.45) is 4.00. The van der Waals surface area contributed by atoms with Gasteiger partial charge in [0.05, 0.1) is 30.6 Å². The molecule has 0 spiro atoms. The SMILES string of the molecule is Cc1cccc([C@@H](CO)NC(=O)C2=Nc3cc4c(cc3C2)CN=C4c2ccncc2)c1. The Morgan fingerprint density at radius 1 is 1.13 bits per heavy atom. The van der Waals surface area contributed by atoms with Crippen LogP contribution < -0.4 is 5.32 Å². The number of carbonyl (C=O) groups is 1. The van der Waals surface area contributed by atoms with E-state index in [2.05, 4.69) is 21.4 Å². The van der Waals surface area contributed by atoms with Crippen LogP contribution in [-0.2, 0) is 17.8 Å². The number of aliphatic hydroxyl groups excluding tert-OH is 1. The molecule has 3 heterocycles. The molecule has 0 fully saturated rings. The molecule has 6 heteroatoms. The van der Waals surface area contributed by atoms with Crippen LogP contribution in [0.2, 0.25) is 0 Å². The maximum Gasteiger partial charge on any atom is 0.266 e. The van der Waals surface area contributed by atoms with Gasteiger partial charge in [-0.25, -0.2) is 4.99 Å². The lowest BCUT2D eigenvalue weighted by Crippen LogP contribution is -2.36. The summed E-state index contributed by atoms with van der Waals surface area (Å²) in [5.41, 5.74) is 8.44. The van der Waals surface area contributed by atoms with Gasteiger partial charge in [0.15, 0.2) is 0 Å². The molecule has 2 aliphatic rings. The van der Waals surface area contributed by atoms with Gasteiger partial charge in [0, 0.05) is 29.9 Å². The van der Waals surface area contributed by atoms with Crippen molar-refractivity contribution in [1.82, 2.24) is 10.3 Å². The number of aliphatic hydroxyl groups is 1. The highest BCUT2D eigenvalue weighted by molar-refractivity contribution is 6.41. The van der Waals surface area contributed by atoms with Crippen LogP contribution >= 0.6 is 0 Å². The molecule has 0 radical (unpaired) electrons. The van der Waals surface area contributed by atoms with Crippen molar-refractivity contribution < 1.29 is 9.90 Å². The van der Waals surface area contributed by atoms with E-state index in [1.807, 2.05) is 49.4 Å². The van der Waals surface area contributed by atoms with Crippen molar-refractivity contribution in [1.29, 1.82) is 0 Å². The smallest absolute Gasteiger partial charge is 0.266 e. The summed E-state index contributed by atoms with van der Waals surface area (Å²) in [5, 5.41) is 12.7. The first-order valence-electron chi connectivity index (χ1n) is 10.3. The minimum atomic E-state index is -0.464. The summed E-state index contributed by atoms with van der Waals surface area (Å²) in [6.45, 7) is 2.44. The zero-order valence-corrected chi connectivity index (χ0v) is 17.2. The molecule has 6 nitrogen and oxygen atoms in total. The first-order chi connectivity index (χ1) is 15.1. The standard InChI is InChI=1S/C25H22N4O2/c1-15-3-2-4-17(9-15)23(14-30)29-25(31)22-11-18-10-19-13-27-24(16-5-7-26-8-6-16)20(19)12-21(18)28-22/h2-10,12,23,30H,11,13-14H2,1H3,(H,29,31)/t23-/m1/s1. The first kappa shape index (κ1) is 19.3. The minimum Gasteiger partial charge on any atom is -0.394 e. The Kier molecular flexibility index (Phi) is 4.92. The Morgan fingerprint density at radius 2 is 1.97 bits per heavy atom. The number of hydrogen-bond acceptors (Lipinski definition) is 5. The third kappa shape index (κ3) is 3.66. The van der Waals surface area contributed by atoms with Crippen molar-refractivity contribution in [3.8, 4) is 0 Å². The van der Waals surface area contributed by atoms with Gasteiger partial charge in [-0.15, -0.1) is 0 Å². The highest BCUT2D eigenvalue weighted by atomic mass is 16.3. The maximum absolute atomic E-state index is 12.9. The third-order valence-electron chi connectivity index (χ3n) is 5.73. The van der Waals surface area contributed by atoms with Gasteiger partial charge in [0.2, 0.25) is 0 Å². The number of hydrogen-bond donors (Lipinski definition) is 2. The Balaban J connectivity index is 1.38. The molecule has 3 aromatic rings. The van der Waals surface area contributed by atoms with E-state index in [9.17, 15) is 9.90 Å². The van der Waals surface area contributed by atoms with Crippen LogP contribution in [0.3, 0.4) is 0 Å². The van der Waals surface area contributed by atoms with Gasteiger partial charge < -0.3 is 10.4 Å². The van der Waals surface area contributed by atoms with Gasteiger partial charge >= 0.3 is 0 Å². The number of carbonyl (C=O) groups excluding carboxylic acids is 1. The number of nitrogens with one attached hydrogen (secondary N) is 1. The van der Waals surface area contributed by atoms with E-state index in [-0.39, 0.29) is 12.5 Å². The highest BCUT2D eigenvalue weighted by Crippen LogP contribution is 2.34. The minimum absolute atomic E-state index is 0.171. The molecule has 31 heavy (non-hydrogen) atoms. The normalized spacial score (nSPS) is 15.0. The van der Waals surface area contributed by atoms with Gasteiger partial charge in [-0.2, -0.15) is 0 Å². The van der Waals surface area contributed by atoms with E-state index >= 15 is 0 Å². The molecule has 2 aliphatic heterocycles. The second-order valence-electron chi connectivity index (χ2n) is 7.90. The molecule has 1 amide bonds. The number of amides is 1. The zero-order chi connectivity index (χ0) is 21.4. The van der Waals surface area contributed by atoms with Crippen molar-refractivity contribution in [2.45, 2.75) is 25.9 Å². The van der Waals surface area contributed by atoms with Crippen LogP contribution in [-0.4, -0.2) is 34.0 Å². The number of benzene rings is 2. The fraction of sp³-hybridized carbons (Fsp3) is 0.200. The fourth-order valence-electron chi connectivity index (χ4n) is 4.15. The molecule has 1 atom stereocenters. The maximum atomic E-state index is 12.9. The molecule has 154 valence electrons. The Bertz CT molecular complexity index is 1230.